The van der Waals surface area contributed by atoms with Crippen LogP contribution in [0.25, 0.3) is 0 Å². The van der Waals surface area contributed by atoms with Crippen LogP contribution < -0.4 is 5.32 Å². The Bertz CT molecular complexity index is 311. The molecule has 1 saturated heterocycles. The summed E-state index contributed by atoms with van der Waals surface area (Å²) in [5.74, 6) is 0.874. The Morgan fingerprint density at radius 3 is 3.20 bits per heavy atom. The van der Waals surface area contributed by atoms with Gasteiger partial charge in [-0.25, -0.2) is 4.98 Å². The lowest BCUT2D eigenvalue weighted by Crippen LogP contribution is -2.26. The summed E-state index contributed by atoms with van der Waals surface area (Å²) in [6.45, 7) is 1.98. The molecule has 1 unspecified atom stereocenters. The Hall–Kier alpha value is -0.870. The fraction of sp³-hybridized carbons (Fsp3) is 0.727. The zero-order chi connectivity index (χ0) is 10.7. The van der Waals surface area contributed by atoms with Gasteiger partial charge in [0.2, 0.25) is 0 Å². The first-order valence-electron chi connectivity index (χ1n) is 5.57. The molecular weight excluding hydrogens is 190 g/mol. The van der Waals surface area contributed by atoms with Gasteiger partial charge in [-0.3, -0.25) is 0 Å². The van der Waals surface area contributed by atoms with E-state index in [1.165, 1.54) is 19.4 Å². The van der Waals surface area contributed by atoms with E-state index in [9.17, 15) is 0 Å². The van der Waals surface area contributed by atoms with Gasteiger partial charge in [0, 0.05) is 19.0 Å². The molecule has 2 heterocycles. The quantitative estimate of drug-likeness (QED) is 0.804. The second-order valence-corrected chi connectivity index (χ2v) is 4.24. The maximum Gasteiger partial charge on any atom is 0.195 e. The van der Waals surface area contributed by atoms with E-state index in [0.717, 1.165) is 24.6 Å². The maximum atomic E-state index is 5.45. The van der Waals surface area contributed by atoms with Crippen LogP contribution in [0.5, 0.6) is 0 Å². The zero-order valence-electron chi connectivity index (χ0n) is 9.49. The van der Waals surface area contributed by atoms with Crippen molar-refractivity contribution in [1.29, 1.82) is 0 Å². The molecule has 1 fully saturated rings. The highest BCUT2D eigenvalue weighted by Gasteiger charge is 2.22. The number of hydrogen-bond donors (Lipinski definition) is 1. The summed E-state index contributed by atoms with van der Waals surface area (Å²) in [5.41, 5.74) is 0.994. The summed E-state index contributed by atoms with van der Waals surface area (Å²) < 4.78 is 5.45. The van der Waals surface area contributed by atoms with E-state index in [0.29, 0.717) is 6.04 Å². The molecule has 15 heavy (non-hydrogen) atoms. The molecule has 0 spiro atoms. The molecule has 1 aliphatic rings. The van der Waals surface area contributed by atoms with Gasteiger partial charge < -0.3 is 14.6 Å². The molecular formula is C11H19N3O. The van der Waals surface area contributed by atoms with Gasteiger partial charge >= 0.3 is 0 Å². The summed E-state index contributed by atoms with van der Waals surface area (Å²) >= 11 is 0. The van der Waals surface area contributed by atoms with Crippen LogP contribution in [0.3, 0.4) is 0 Å². The Morgan fingerprint density at radius 2 is 2.53 bits per heavy atom. The van der Waals surface area contributed by atoms with Gasteiger partial charge in [0.1, 0.15) is 6.26 Å². The molecule has 1 aromatic rings. The first kappa shape index (κ1) is 10.6. The van der Waals surface area contributed by atoms with E-state index in [-0.39, 0.29) is 0 Å². The molecule has 1 N–H and O–H groups in total. The van der Waals surface area contributed by atoms with Crippen molar-refractivity contribution >= 4 is 0 Å². The minimum Gasteiger partial charge on any atom is -0.449 e. The molecule has 0 bridgehead atoms. The number of oxazole rings is 1. The van der Waals surface area contributed by atoms with Crippen molar-refractivity contribution in [3.8, 4) is 0 Å². The first-order chi connectivity index (χ1) is 7.29. The number of likely N-dealkylation sites (tertiary alicyclic amines) is 1. The second-order valence-electron chi connectivity index (χ2n) is 4.24. The lowest BCUT2D eigenvalue weighted by atomic mass is 10.1. The molecule has 0 radical (unpaired) electrons. The first-order valence-corrected chi connectivity index (χ1v) is 5.57. The monoisotopic (exact) mass is 209 g/mol. The fourth-order valence-corrected chi connectivity index (χ4v) is 2.14. The van der Waals surface area contributed by atoms with Crippen molar-refractivity contribution in [3.05, 3.63) is 17.8 Å². The number of hydrogen-bond acceptors (Lipinski definition) is 4. The normalized spacial score (nSPS) is 22.4. The Balaban J connectivity index is 1.92. The summed E-state index contributed by atoms with van der Waals surface area (Å²) in [6, 6.07) is 0.617. The lowest BCUT2D eigenvalue weighted by molar-refractivity contribution is 0.292. The predicted molar refractivity (Wildman–Crippen MR) is 58.6 cm³/mol. The molecule has 1 aromatic heterocycles. The van der Waals surface area contributed by atoms with Crippen molar-refractivity contribution in [1.82, 2.24) is 15.2 Å². The van der Waals surface area contributed by atoms with E-state index in [1.807, 2.05) is 7.05 Å². The van der Waals surface area contributed by atoms with Crippen LogP contribution in [-0.4, -0.2) is 36.6 Å². The molecule has 4 nitrogen and oxygen atoms in total. The fourth-order valence-electron chi connectivity index (χ4n) is 2.14. The smallest absolute Gasteiger partial charge is 0.195 e. The molecule has 2 rings (SSSR count). The van der Waals surface area contributed by atoms with Gasteiger partial charge in [0.25, 0.3) is 0 Å². The maximum absolute atomic E-state index is 5.45. The third-order valence-electron chi connectivity index (χ3n) is 3.04. The summed E-state index contributed by atoms with van der Waals surface area (Å²) in [6.07, 6.45) is 5.26. The standard InChI is InChI=1S/C11H19N3O/c1-12-7-9-8-15-11(13-9)6-10-4-3-5-14(10)2/h8,10,12H,3-7H2,1-2H3. The van der Waals surface area contributed by atoms with E-state index in [4.69, 9.17) is 4.42 Å². The molecule has 0 aromatic carbocycles. The van der Waals surface area contributed by atoms with Crippen molar-refractivity contribution < 1.29 is 4.42 Å². The predicted octanol–water partition coefficient (Wildman–Crippen LogP) is 1.03. The number of nitrogens with zero attached hydrogens (tertiary/aromatic N) is 2. The van der Waals surface area contributed by atoms with E-state index in [1.54, 1.807) is 6.26 Å². The summed E-state index contributed by atoms with van der Waals surface area (Å²) in [5, 5.41) is 3.07. The number of likely N-dealkylation sites (N-methyl/N-ethyl adjacent to an activating group) is 1. The molecule has 0 aliphatic carbocycles. The topological polar surface area (TPSA) is 41.3 Å². The van der Waals surface area contributed by atoms with Crippen LogP contribution in [0.1, 0.15) is 24.4 Å². The Kier molecular flexibility index (Phi) is 3.38. The Morgan fingerprint density at radius 1 is 1.67 bits per heavy atom. The average molecular weight is 209 g/mol. The van der Waals surface area contributed by atoms with Gasteiger partial charge in [0.05, 0.1) is 5.69 Å². The van der Waals surface area contributed by atoms with Crippen LogP contribution in [0.2, 0.25) is 0 Å². The number of rotatable bonds is 4. The van der Waals surface area contributed by atoms with Crippen molar-refractivity contribution in [2.75, 3.05) is 20.6 Å². The Labute approximate surface area is 90.7 Å². The van der Waals surface area contributed by atoms with Gasteiger partial charge in [-0.05, 0) is 33.5 Å². The van der Waals surface area contributed by atoms with Crippen LogP contribution in [0.4, 0.5) is 0 Å². The number of aromatic nitrogens is 1. The van der Waals surface area contributed by atoms with Gasteiger partial charge in [-0.15, -0.1) is 0 Å². The highest BCUT2D eigenvalue weighted by atomic mass is 16.3. The van der Waals surface area contributed by atoms with Gasteiger partial charge in [-0.1, -0.05) is 0 Å². The van der Waals surface area contributed by atoms with Gasteiger partial charge in [0.15, 0.2) is 5.89 Å². The van der Waals surface area contributed by atoms with Crippen LogP contribution >= 0.6 is 0 Å². The minimum absolute atomic E-state index is 0.617. The number of nitrogens with one attached hydrogen (secondary N) is 1. The summed E-state index contributed by atoms with van der Waals surface area (Å²) in [4.78, 5) is 6.83. The summed E-state index contributed by atoms with van der Waals surface area (Å²) in [7, 11) is 4.09. The molecule has 0 saturated carbocycles. The van der Waals surface area contributed by atoms with E-state index < -0.39 is 0 Å². The molecule has 1 aliphatic heterocycles. The van der Waals surface area contributed by atoms with E-state index >= 15 is 0 Å². The van der Waals surface area contributed by atoms with E-state index in [2.05, 4.69) is 22.2 Å². The molecule has 1 atom stereocenters. The highest BCUT2D eigenvalue weighted by molar-refractivity contribution is 4.98. The lowest BCUT2D eigenvalue weighted by Gasteiger charge is -2.17. The SMILES string of the molecule is CNCc1coc(CC2CCCN2C)n1. The third kappa shape index (κ3) is 2.58. The highest BCUT2D eigenvalue weighted by Crippen LogP contribution is 2.18. The van der Waals surface area contributed by atoms with Crippen molar-refractivity contribution in [2.24, 2.45) is 0 Å². The van der Waals surface area contributed by atoms with Crippen molar-refractivity contribution in [2.45, 2.75) is 31.8 Å². The third-order valence-corrected chi connectivity index (χ3v) is 3.04. The molecule has 84 valence electrons. The van der Waals surface area contributed by atoms with Gasteiger partial charge in [-0.2, -0.15) is 0 Å². The van der Waals surface area contributed by atoms with Crippen LogP contribution in [-0.2, 0) is 13.0 Å². The van der Waals surface area contributed by atoms with Crippen LogP contribution in [0, 0.1) is 0 Å². The second kappa shape index (κ2) is 4.77. The minimum atomic E-state index is 0.617. The van der Waals surface area contributed by atoms with Crippen LogP contribution in [0.15, 0.2) is 10.7 Å². The van der Waals surface area contributed by atoms with Crippen molar-refractivity contribution in [3.63, 3.8) is 0 Å². The molecule has 4 heteroatoms. The zero-order valence-corrected chi connectivity index (χ0v) is 9.49. The average Bonchev–Trinajstić information content (AvgIpc) is 2.79. The largest absolute Gasteiger partial charge is 0.449 e. The molecule has 0 amide bonds.